The number of aromatic nitrogens is 1. The Kier molecular flexibility index (Phi) is 22.2. The molecule has 0 aliphatic carbocycles. The average molecular weight is 1130 g/mol. The molecule has 4 aliphatic rings. The van der Waals surface area contributed by atoms with Crippen LogP contribution in [0.15, 0.2) is 29.2 Å². The fourth-order valence-corrected chi connectivity index (χ4v) is 12.6. The highest BCUT2D eigenvalue weighted by atomic mass is 16.8. The first-order chi connectivity index (χ1) is 37.6. The Morgan fingerprint density at radius 3 is 2.31 bits per heavy atom. The summed E-state index contributed by atoms with van der Waals surface area (Å²) in [7, 11) is 8.71. The van der Waals surface area contributed by atoms with Crippen LogP contribution in [-0.4, -0.2) is 200 Å². The first-order valence-corrected chi connectivity index (χ1v) is 28.4. The van der Waals surface area contributed by atoms with E-state index >= 15 is 0 Å². The van der Waals surface area contributed by atoms with Gasteiger partial charge in [-0.15, -0.1) is 0 Å². The van der Waals surface area contributed by atoms with Crippen LogP contribution in [0, 0.1) is 23.7 Å². The summed E-state index contributed by atoms with van der Waals surface area (Å²) in [6.07, 6.45) is -5.86. The fraction of sp³-hybridized carbons (Fsp3) is 0.776. The summed E-state index contributed by atoms with van der Waals surface area (Å²) in [4.78, 5) is 70.2. The zero-order valence-corrected chi connectivity index (χ0v) is 49.8. The lowest BCUT2D eigenvalue weighted by Gasteiger charge is -2.49. The van der Waals surface area contributed by atoms with Crippen LogP contribution < -0.4 is 10.7 Å². The number of fused-ring (bicyclic) bond motifs is 2. The molecule has 80 heavy (non-hydrogen) atoms. The number of pyridine rings is 1. The van der Waals surface area contributed by atoms with Gasteiger partial charge in [0.1, 0.15) is 17.3 Å². The highest BCUT2D eigenvalue weighted by molar-refractivity contribution is 5.92. The number of methoxy groups -OCH3 is 2. The molecule has 5 heterocycles. The molecule has 0 radical (unpaired) electrons. The van der Waals surface area contributed by atoms with E-state index in [0.29, 0.717) is 63.0 Å². The van der Waals surface area contributed by atoms with Crippen LogP contribution in [0.4, 0.5) is 4.79 Å². The summed E-state index contributed by atoms with van der Waals surface area (Å²) in [6, 6.07) is 4.77. The van der Waals surface area contributed by atoms with E-state index < -0.39 is 120 Å². The Morgan fingerprint density at radius 2 is 1.66 bits per heavy atom. The van der Waals surface area contributed by atoms with E-state index in [0.717, 1.165) is 5.56 Å². The second-order valence-electron chi connectivity index (χ2n) is 23.9. The number of carbonyl (C=O) groups is 4. The largest absolute Gasteiger partial charge is 0.509 e. The molecular formula is C58H92N4O18. The van der Waals surface area contributed by atoms with Crippen LogP contribution >= 0.6 is 0 Å². The van der Waals surface area contributed by atoms with Gasteiger partial charge < -0.3 is 77.5 Å². The van der Waals surface area contributed by atoms with Crippen molar-refractivity contribution in [1.82, 2.24) is 19.7 Å². The second kappa shape index (κ2) is 27.4. The van der Waals surface area contributed by atoms with Gasteiger partial charge in [0.25, 0.3) is 0 Å². The van der Waals surface area contributed by atoms with Gasteiger partial charge in [0.15, 0.2) is 36.7 Å². The number of hydrogen-bond donors (Lipinski definition) is 4. The van der Waals surface area contributed by atoms with Crippen LogP contribution in [0.25, 0.3) is 10.9 Å². The maximum absolute atomic E-state index is 14.8. The first kappa shape index (κ1) is 64.8. The number of ether oxygens (including phenoxy) is 10. The summed E-state index contributed by atoms with van der Waals surface area (Å²) < 4.78 is 63.9. The SMILES string of the molecule is CC[C@H]1OC(=O)[C@H](C)[C@@H](O[C@H]2C[C@@](C)(OC)[C@@H](OC(=O)CCNCCCc3ccc4c(c3)c(=O)c(C(=O)O)cn4CCOC)[C@H](C)O2)[C@H](C)C(O[C@H]2O[C@H](O)[C@@H](N(C)C)C[C@H]2C)[C@](C)(O)C[C@H](C)CN(C)[C@H](C)C2OC(=O)OC21C. The predicted molar refractivity (Wildman–Crippen MR) is 294 cm³/mol. The van der Waals surface area contributed by atoms with Crippen molar-refractivity contribution in [3.63, 3.8) is 0 Å². The van der Waals surface area contributed by atoms with Crippen molar-refractivity contribution in [2.24, 2.45) is 23.7 Å². The molecule has 4 aliphatic heterocycles. The summed E-state index contributed by atoms with van der Waals surface area (Å²) >= 11 is 0. The molecule has 4 fully saturated rings. The number of esters is 2. The summed E-state index contributed by atoms with van der Waals surface area (Å²) in [6.45, 7) is 20.3. The third kappa shape index (κ3) is 14.9. The molecule has 0 bridgehead atoms. The number of nitrogens with zero attached hydrogens (tertiary/aromatic N) is 3. The van der Waals surface area contributed by atoms with Crippen LogP contribution in [-0.2, 0) is 69.9 Å². The number of nitrogens with one attached hydrogen (secondary N) is 1. The molecule has 2 aromatic rings. The van der Waals surface area contributed by atoms with E-state index in [1.165, 1.54) is 13.3 Å². The number of carboxylic acid groups (broad SMARTS) is 1. The van der Waals surface area contributed by atoms with Gasteiger partial charge in [-0.1, -0.05) is 33.8 Å². The number of likely N-dealkylation sites (N-methyl/N-ethyl adjacent to an activating group) is 2. The molecule has 18 atom stereocenters. The van der Waals surface area contributed by atoms with Crippen molar-refractivity contribution in [2.45, 2.75) is 205 Å². The quantitative estimate of drug-likeness (QED) is 0.0809. The van der Waals surface area contributed by atoms with E-state index in [-0.39, 0.29) is 49.1 Å². The molecule has 22 heteroatoms. The number of aliphatic hydroxyl groups is 2. The van der Waals surface area contributed by atoms with Gasteiger partial charge in [0.05, 0.1) is 54.4 Å². The van der Waals surface area contributed by atoms with E-state index in [4.69, 9.17) is 47.4 Å². The standard InChI is InChI=1S/C58H92N4O18/c1-16-43-58(10)49(78-55(69)80-58)36(6)61(13)30-32(2)28-56(8,70)48(77-54-33(3)26-42(60(11)12)53(68)79-54)34(4)47(35(5)52(67)74-43)76-45-29-57(9,72-15)50(37(7)73-45)75-44(63)21-23-59-22-17-18-38-19-20-41-39(27-38)46(64)40(51(65)66)31-62(41)24-25-71-14/h19-20,27,31-37,42-43,45,47-50,53-54,59,68,70H,16-18,21-26,28-30H2,1-15H3,(H,65,66)/t32-,33+,34-,35+,36+,37-,42-,43+,45-,47-,48?,49?,50-,53-,54-,56+,57+,58?/m0/s1. The Morgan fingerprint density at radius 1 is 0.950 bits per heavy atom. The van der Waals surface area contributed by atoms with Crippen molar-refractivity contribution in [3.05, 3.63) is 45.7 Å². The summed E-state index contributed by atoms with van der Waals surface area (Å²) in [5.41, 5.74) is -3.47. The molecule has 4 N–H and O–H groups in total. The molecule has 0 saturated carbocycles. The van der Waals surface area contributed by atoms with Crippen molar-refractivity contribution < 1.29 is 81.9 Å². The van der Waals surface area contributed by atoms with Gasteiger partial charge in [0, 0.05) is 69.7 Å². The summed E-state index contributed by atoms with van der Waals surface area (Å²) in [5.74, 6) is -4.69. The lowest BCUT2D eigenvalue weighted by molar-refractivity contribution is -0.330. The third-order valence-corrected chi connectivity index (χ3v) is 17.2. The van der Waals surface area contributed by atoms with E-state index in [2.05, 4.69) is 5.32 Å². The van der Waals surface area contributed by atoms with Crippen molar-refractivity contribution >= 4 is 35.0 Å². The number of cyclic esters (lactones) is 1. The molecule has 6 rings (SSSR count). The minimum absolute atomic E-state index is 0.0340. The Hall–Kier alpha value is -4.33. The number of aryl methyl sites for hydroxylation is 1. The minimum Gasteiger partial charge on any atom is -0.477 e. The van der Waals surface area contributed by atoms with E-state index in [9.17, 15) is 39.3 Å². The number of benzene rings is 1. The number of aliphatic hydroxyl groups excluding tert-OH is 1. The predicted octanol–water partition coefficient (Wildman–Crippen LogP) is 5.11. The van der Waals surface area contributed by atoms with Crippen molar-refractivity contribution in [2.75, 3.05) is 61.6 Å². The van der Waals surface area contributed by atoms with Gasteiger partial charge in [-0.2, -0.15) is 0 Å². The smallest absolute Gasteiger partial charge is 0.477 e. The zero-order chi connectivity index (χ0) is 59.2. The third-order valence-electron chi connectivity index (χ3n) is 17.2. The Labute approximate surface area is 471 Å². The average Bonchev–Trinajstić information content (AvgIpc) is 3.90. The molecule has 0 amide bonds. The highest BCUT2D eigenvalue weighted by Crippen LogP contribution is 2.43. The molecule has 3 unspecified atom stereocenters. The van der Waals surface area contributed by atoms with Crippen molar-refractivity contribution in [1.29, 1.82) is 0 Å². The lowest BCUT2D eigenvalue weighted by atomic mass is 9.77. The van der Waals surface area contributed by atoms with Gasteiger partial charge in [-0.05, 0) is 125 Å². The maximum atomic E-state index is 14.8. The monoisotopic (exact) mass is 1130 g/mol. The molecule has 1 aromatic heterocycles. The van der Waals surface area contributed by atoms with Crippen LogP contribution in [0.2, 0.25) is 0 Å². The lowest BCUT2D eigenvalue weighted by Crippen LogP contribution is -2.60. The molecule has 0 spiro atoms. The molecule has 1 aromatic carbocycles. The van der Waals surface area contributed by atoms with Gasteiger partial charge in [-0.3, -0.25) is 19.3 Å². The Balaban J connectivity index is 1.18. The maximum Gasteiger partial charge on any atom is 0.509 e. The van der Waals surface area contributed by atoms with E-state index in [1.54, 1.807) is 52.4 Å². The molecular weight excluding hydrogens is 1040 g/mol. The topological polar surface area (TPSA) is 262 Å². The van der Waals surface area contributed by atoms with Gasteiger partial charge >= 0.3 is 24.1 Å². The van der Waals surface area contributed by atoms with Crippen molar-refractivity contribution in [3.8, 4) is 0 Å². The second-order valence-corrected chi connectivity index (χ2v) is 23.9. The molecule has 22 nitrogen and oxygen atoms in total. The first-order valence-electron chi connectivity index (χ1n) is 28.4. The molecule has 4 saturated heterocycles. The summed E-state index contributed by atoms with van der Waals surface area (Å²) in [5, 5.41) is 37.4. The zero-order valence-electron chi connectivity index (χ0n) is 49.8. The molecule has 452 valence electrons. The number of aromatic carboxylic acids is 1. The number of carboxylic acids is 1. The number of carbonyl (C=O) groups excluding carboxylic acids is 3. The fourth-order valence-electron chi connectivity index (χ4n) is 12.6. The highest BCUT2D eigenvalue weighted by Gasteiger charge is 2.58. The van der Waals surface area contributed by atoms with Gasteiger partial charge in [0.2, 0.25) is 5.43 Å². The Bertz CT molecular complexity index is 2490. The van der Waals surface area contributed by atoms with Crippen LogP contribution in [0.3, 0.4) is 0 Å². The van der Waals surface area contributed by atoms with E-state index in [1.807, 2.05) is 77.7 Å². The normalized spacial score (nSPS) is 36.8. The van der Waals surface area contributed by atoms with Gasteiger partial charge in [-0.25, -0.2) is 9.59 Å². The van der Waals surface area contributed by atoms with Crippen LogP contribution in [0.5, 0.6) is 0 Å². The van der Waals surface area contributed by atoms with Crippen LogP contribution in [0.1, 0.15) is 124 Å². The number of rotatable bonds is 19. The number of hydrogen-bond acceptors (Lipinski definition) is 20. The minimum atomic E-state index is -1.59.